The molecule has 0 aromatic carbocycles. The third-order valence-electron chi connectivity index (χ3n) is 5.97. The molecule has 178 valence electrons. The minimum absolute atomic E-state index is 0.0825. The summed E-state index contributed by atoms with van der Waals surface area (Å²) >= 11 is 0. The van der Waals surface area contributed by atoms with E-state index in [1.807, 2.05) is 41.7 Å². The van der Waals surface area contributed by atoms with E-state index in [9.17, 15) is 14.4 Å². The molecule has 0 aromatic heterocycles. The number of amides is 2. The average molecular weight is 438 g/mol. The fourth-order valence-corrected chi connectivity index (χ4v) is 3.96. The molecule has 1 unspecified atom stereocenters. The van der Waals surface area contributed by atoms with Crippen LogP contribution in [0.4, 0.5) is 0 Å². The monoisotopic (exact) mass is 437 g/mol. The van der Waals surface area contributed by atoms with Gasteiger partial charge in [0.05, 0.1) is 18.7 Å². The maximum Gasteiger partial charge on any atom is 0.333 e. The van der Waals surface area contributed by atoms with Crippen molar-refractivity contribution in [3.63, 3.8) is 0 Å². The van der Waals surface area contributed by atoms with Crippen LogP contribution in [-0.4, -0.2) is 73.0 Å². The molecule has 0 saturated carbocycles. The second-order valence-corrected chi connectivity index (χ2v) is 10.1. The summed E-state index contributed by atoms with van der Waals surface area (Å²) in [5, 5.41) is 3.04. The van der Waals surface area contributed by atoms with Crippen molar-refractivity contribution in [2.24, 2.45) is 11.3 Å². The molecule has 1 fully saturated rings. The van der Waals surface area contributed by atoms with Gasteiger partial charge in [0, 0.05) is 12.6 Å². The highest BCUT2D eigenvalue weighted by Gasteiger charge is 2.39. The lowest BCUT2D eigenvalue weighted by atomic mass is 9.84. The highest BCUT2D eigenvalue weighted by Crippen LogP contribution is 2.25. The van der Waals surface area contributed by atoms with Crippen LogP contribution in [0.25, 0.3) is 0 Å². The number of hydrogen-bond donors (Lipinski definition) is 1. The van der Waals surface area contributed by atoms with Crippen molar-refractivity contribution in [1.82, 2.24) is 15.1 Å². The molecule has 1 aliphatic rings. The number of likely N-dealkylation sites (tertiary alicyclic amines) is 1. The summed E-state index contributed by atoms with van der Waals surface area (Å²) < 4.78 is 5.08. The molecule has 1 rings (SSSR count). The van der Waals surface area contributed by atoms with Crippen molar-refractivity contribution in [2.45, 2.75) is 85.9 Å². The Kier molecular flexibility index (Phi) is 10.2. The number of esters is 1. The zero-order valence-corrected chi connectivity index (χ0v) is 20.9. The van der Waals surface area contributed by atoms with Gasteiger partial charge in [-0.15, -0.1) is 0 Å². The zero-order valence-electron chi connectivity index (χ0n) is 20.9. The molecule has 2 amide bonds. The maximum absolute atomic E-state index is 13.6. The Balaban J connectivity index is 3.10. The van der Waals surface area contributed by atoms with E-state index in [0.29, 0.717) is 12.2 Å². The van der Waals surface area contributed by atoms with Crippen LogP contribution in [0.2, 0.25) is 0 Å². The van der Waals surface area contributed by atoms with Crippen molar-refractivity contribution in [3.05, 3.63) is 11.6 Å². The van der Waals surface area contributed by atoms with Crippen LogP contribution < -0.4 is 5.32 Å². The normalized spacial score (nSPS) is 20.2. The van der Waals surface area contributed by atoms with E-state index in [-0.39, 0.29) is 35.8 Å². The van der Waals surface area contributed by atoms with Crippen LogP contribution in [0.1, 0.15) is 67.7 Å². The van der Waals surface area contributed by atoms with Gasteiger partial charge in [-0.2, -0.15) is 0 Å². The third-order valence-corrected chi connectivity index (χ3v) is 5.97. The Morgan fingerprint density at radius 3 is 2.32 bits per heavy atom. The molecule has 0 aromatic rings. The lowest BCUT2D eigenvalue weighted by molar-refractivity contribution is -0.141. The van der Waals surface area contributed by atoms with Gasteiger partial charge >= 0.3 is 5.97 Å². The highest BCUT2D eigenvalue weighted by atomic mass is 16.5. The summed E-state index contributed by atoms with van der Waals surface area (Å²) in [6.45, 7) is 14.5. The van der Waals surface area contributed by atoms with Crippen molar-refractivity contribution >= 4 is 17.8 Å². The summed E-state index contributed by atoms with van der Waals surface area (Å²) in [7, 11) is 3.70. The van der Waals surface area contributed by atoms with Crippen molar-refractivity contribution in [2.75, 3.05) is 27.2 Å². The summed E-state index contributed by atoms with van der Waals surface area (Å²) in [4.78, 5) is 42.4. The van der Waals surface area contributed by atoms with E-state index in [1.165, 1.54) is 0 Å². The topological polar surface area (TPSA) is 79.0 Å². The Morgan fingerprint density at radius 2 is 1.84 bits per heavy atom. The molecule has 0 radical (unpaired) electrons. The predicted octanol–water partition coefficient (Wildman–Crippen LogP) is 2.99. The fraction of sp³-hybridized carbons (Fsp3) is 0.792. The molecule has 1 aliphatic heterocycles. The van der Waals surface area contributed by atoms with E-state index < -0.39 is 11.5 Å². The highest BCUT2D eigenvalue weighted by molar-refractivity contribution is 5.91. The number of nitrogens with one attached hydrogen (secondary N) is 1. The van der Waals surface area contributed by atoms with E-state index in [4.69, 9.17) is 4.74 Å². The summed E-state index contributed by atoms with van der Waals surface area (Å²) in [5.41, 5.74) is 0.00994. The van der Waals surface area contributed by atoms with Gasteiger partial charge in [-0.3, -0.25) is 14.5 Å². The van der Waals surface area contributed by atoms with Crippen molar-refractivity contribution in [1.29, 1.82) is 0 Å². The number of carbonyl (C=O) groups is 3. The molecule has 1 saturated heterocycles. The van der Waals surface area contributed by atoms with Crippen molar-refractivity contribution in [3.8, 4) is 0 Å². The molecule has 0 bridgehead atoms. The fourth-order valence-electron chi connectivity index (χ4n) is 3.96. The number of ether oxygens (including phenoxy) is 1. The first kappa shape index (κ1) is 27.1. The molecule has 0 aliphatic carbocycles. The van der Waals surface area contributed by atoms with Crippen LogP contribution in [0, 0.1) is 11.3 Å². The van der Waals surface area contributed by atoms with Gasteiger partial charge in [-0.25, -0.2) is 4.79 Å². The van der Waals surface area contributed by atoms with Gasteiger partial charge < -0.3 is 15.0 Å². The average Bonchev–Trinajstić information content (AvgIpc) is 2.68. The molecule has 3 atom stereocenters. The number of rotatable bonds is 8. The van der Waals surface area contributed by atoms with Crippen LogP contribution in [-0.2, 0) is 19.1 Å². The number of hydrogen-bond acceptors (Lipinski definition) is 5. The Morgan fingerprint density at radius 1 is 1.23 bits per heavy atom. The van der Waals surface area contributed by atoms with Gasteiger partial charge in [0.1, 0.15) is 6.04 Å². The number of carbonyl (C=O) groups excluding carboxylic acids is 3. The van der Waals surface area contributed by atoms with E-state index in [1.54, 1.807) is 31.9 Å². The lowest BCUT2D eigenvalue weighted by Gasteiger charge is -2.39. The molecular formula is C24H43N3O4. The van der Waals surface area contributed by atoms with Crippen LogP contribution >= 0.6 is 0 Å². The molecule has 0 spiro atoms. The molecule has 31 heavy (non-hydrogen) atoms. The first-order valence-electron chi connectivity index (χ1n) is 11.4. The van der Waals surface area contributed by atoms with Crippen LogP contribution in [0.5, 0.6) is 0 Å². The standard InChI is InChI=1S/C24H43N3O4/c1-10-31-23(30)17(4)15-19(16(2)3)27(9)22(29)20(24(5,6)7)25-21(28)18-13-11-12-14-26(18)8/h15-16,18-20H,10-14H2,1-9H3,(H,25,28)/b17-15+/t18?,19-,20-/m0/s1. The van der Waals surface area contributed by atoms with Gasteiger partial charge in [0.15, 0.2) is 0 Å². The molecule has 1 N–H and O–H groups in total. The molecule has 1 heterocycles. The second-order valence-electron chi connectivity index (χ2n) is 10.1. The molecule has 7 nitrogen and oxygen atoms in total. The molecule has 7 heteroatoms. The van der Waals surface area contributed by atoms with E-state index >= 15 is 0 Å². The quantitative estimate of drug-likeness (QED) is 0.466. The Bertz CT molecular complexity index is 666. The molecular weight excluding hydrogens is 394 g/mol. The Hall–Kier alpha value is -1.89. The summed E-state index contributed by atoms with van der Waals surface area (Å²) in [6, 6.07) is -1.17. The van der Waals surface area contributed by atoms with E-state index in [0.717, 1.165) is 25.8 Å². The number of piperidine rings is 1. The van der Waals surface area contributed by atoms with Gasteiger partial charge in [-0.1, -0.05) is 47.1 Å². The zero-order chi connectivity index (χ0) is 23.9. The minimum atomic E-state index is -0.669. The van der Waals surface area contributed by atoms with Crippen LogP contribution in [0.3, 0.4) is 0 Å². The first-order valence-corrected chi connectivity index (χ1v) is 11.4. The van der Waals surface area contributed by atoms with E-state index in [2.05, 4.69) is 10.2 Å². The smallest absolute Gasteiger partial charge is 0.333 e. The summed E-state index contributed by atoms with van der Waals surface area (Å²) in [5.74, 6) is -0.553. The Labute approximate surface area is 188 Å². The predicted molar refractivity (Wildman–Crippen MR) is 123 cm³/mol. The third kappa shape index (κ3) is 7.63. The minimum Gasteiger partial charge on any atom is -0.463 e. The number of nitrogens with zero attached hydrogens (tertiary/aromatic N) is 2. The SMILES string of the molecule is CCOC(=O)/C(C)=C/[C@@H](C(C)C)N(C)C(=O)[C@H](NC(=O)C1CCCCN1C)C(C)(C)C. The van der Waals surface area contributed by atoms with Gasteiger partial charge in [-0.05, 0) is 51.6 Å². The lowest BCUT2D eigenvalue weighted by Crippen LogP contribution is -2.59. The largest absolute Gasteiger partial charge is 0.463 e. The van der Waals surface area contributed by atoms with Gasteiger partial charge in [0.2, 0.25) is 11.8 Å². The van der Waals surface area contributed by atoms with Crippen LogP contribution in [0.15, 0.2) is 11.6 Å². The van der Waals surface area contributed by atoms with Gasteiger partial charge in [0.25, 0.3) is 0 Å². The second kappa shape index (κ2) is 11.7. The van der Waals surface area contributed by atoms with Crippen molar-refractivity contribution < 1.29 is 19.1 Å². The maximum atomic E-state index is 13.6. The first-order chi connectivity index (χ1) is 14.3. The summed E-state index contributed by atoms with van der Waals surface area (Å²) in [6.07, 6.45) is 4.70. The number of likely N-dealkylation sites (N-methyl/N-ethyl adjacent to an activating group) is 2.